The molecule has 0 saturated carbocycles. The molecular weight excluding hydrogens is 179 g/mol. The van der Waals surface area contributed by atoms with E-state index in [1.165, 1.54) is 0 Å². The summed E-state index contributed by atoms with van der Waals surface area (Å²) in [5, 5.41) is 7.59. The van der Waals surface area contributed by atoms with Gasteiger partial charge in [0.2, 0.25) is 0 Å². The molecule has 4 heteroatoms. The zero-order valence-corrected chi connectivity index (χ0v) is 3.20. The van der Waals surface area contributed by atoms with Crippen LogP contribution in [0.2, 0.25) is 0 Å². The molecule has 0 bridgehead atoms. The van der Waals surface area contributed by atoms with Crippen molar-refractivity contribution in [3.05, 3.63) is 0 Å². The van der Waals surface area contributed by atoms with E-state index in [0.29, 0.717) is 0 Å². The summed E-state index contributed by atoms with van der Waals surface area (Å²) in [5.41, 5.74) is 0. The van der Waals surface area contributed by atoms with Crippen LogP contribution in [0, 0.1) is 0 Å². The van der Waals surface area contributed by atoms with E-state index in [0.717, 1.165) is 0 Å². The summed E-state index contributed by atoms with van der Waals surface area (Å²) in [6.07, 6.45) is 0. The van der Waals surface area contributed by atoms with Crippen molar-refractivity contribution >= 4 is 63.1 Å². The SMILES string of the molecule is O=C(O)CCl.[SrH2]. The Morgan fingerprint density at radius 1 is 1.83 bits per heavy atom. The molecule has 6 heavy (non-hydrogen) atoms. The Morgan fingerprint density at radius 2 is 2.00 bits per heavy atom. The van der Waals surface area contributed by atoms with E-state index < -0.39 is 5.97 Å². The maximum absolute atomic E-state index is 9.24. The summed E-state index contributed by atoms with van der Waals surface area (Å²) in [6, 6.07) is 0. The zero-order chi connectivity index (χ0) is 4.28. The van der Waals surface area contributed by atoms with Crippen molar-refractivity contribution in [1.82, 2.24) is 0 Å². The summed E-state index contributed by atoms with van der Waals surface area (Å²) in [7, 11) is 0. The Bertz CT molecular complexity index is 46.8. The molecule has 0 spiro atoms. The first-order valence-electron chi connectivity index (χ1n) is 1.05. The van der Waals surface area contributed by atoms with E-state index in [-0.39, 0.29) is 51.4 Å². The predicted molar refractivity (Wildman–Crippen MR) is 26.9 cm³/mol. The molecule has 0 aromatic heterocycles. The van der Waals surface area contributed by atoms with Crippen molar-refractivity contribution in [3.8, 4) is 0 Å². The minimum absolute atomic E-state index is 0. The summed E-state index contributed by atoms with van der Waals surface area (Å²) in [4.78, 5) is 9.24. The molecule has 0 rings (SSSR count). The van der Waals surface area contributed by atoms with Crippen molar-refractivity contribution in [1.29, 1.82) is 0 Å². The van der Waals surface area contributed by atoms with Gasteiger partial charge < -0.3 is 5.11 Å². The molecule has 0 aromatic carbocycles. The fourth-order valence-corrected chi connectivity index (χ4v) is 0. The van der Waals surface area contributed by atoms with Gasteiger partial charge in [0.1, 0.15) is 5.88 Å². The van der Waals surface area contributed by atoms with Gasteiger partial charge in [-0.15, -0.1) is 11.6 Å². The van der Waals surface area contributed by atoms with Crippen LogP contribution in [-0.2, 0) is 4.79 Å². The van der Waals surface area contributed by atoms with Crippen molar-refractivity contribution < 1.29 is 9.90 Å². The van der Waals surface area contributed by atoms with Crippen LogP contribution in [0.15, 0.2) is 0 Å². The number of hydrogen-bond donors (Lipinski definition) is 1. The molecule has 1 N–H and O–H groups in total. The van der Waals surface area contributed by atoms with Gasteiger partial charge in [0.25, 0.3) is 0 Å². The maximum atomic E-state index is 9.24. The fraction of sp³-hybridized carbons (Fsp3) is 0.500. The molecular formula is C2H5ClO2Sr. The van der Waals surface area contributed by atoms with Crippen LogP contribution in [-0.4, -0.2) is 62.4 Å². The number of hydrogen-bond acceptors (Lipinski definition) is 1. The van der Waals surface area contributed by atoms with E-state index >= 15 is 0 Å². The Hall–Kier alpha value is 1.24. The van der Waals surface area contributed by atoms with Gasteiger partial charge in [-0.05, 0) is 0 Å². The van der Waals surface area contributed by atoms with E-state index in [2.05, 4.69) is 0 Å². The summed E-state index contributed by atoms with van der Waals surface area (Å²) in [5.74, 6) is -1.29. The normalized spacial score (nSPS) is 6.17. The van der Waals surface area contributed by atoms with E-state index in [9.17, 15) is 4.79 Å². The van der Waals surface area contributed by atoms with Crippen molar-refractivity contribution in [2.24, 2.45) is 0 Å². The molecule has 0 unspecified atom stereocenters. The molecule has 0 amide bonds. The van der Waals surface area contributed by atoms with Crippen LogP contribution >= 0.6 is 11.6 Å². The molecule has 0 heterocycles. The van der Waals surface area contributed by atoms with Crippen LogP contribution < -0.4 is 0 Å². The molecule has 2 nitrogen and oxygen atoms in total. The number of alkyl halides is 1. The van der Waals surface area contributed by atoms with Gasteiger partial charge in [-0.3, -0.25) is 4.79 Å². The van der Waals surface area contributed by atoms with Gasteiger partial charge >= 0.3 is 51.5 Å². The first kappa shape index (κ1) is 10.3. The number of carboxylic acid groups (broad SMARTS) is 1. The minimum atomic E-state index is -0.980. The molecule has 0 aromatic rings. The predicted octanol–water partition coefficient (Wildman–Crippen LogP) is -0.606. The Labute approximate surface area is 77.8 Å². The van der Waals surface area contributed by atoms with Gasteiger partial charge in [-0.25, -0.2) is 0 Å². The summed E-state index contributed by atoms with van der Waals surface area (Å²) < 4.78 is 0. The average Bonchev–Trinajstić information content (AvgIpc) is 1.38. The third kappa shape index (κ3) is 8.97. The molecule has 0 aliphatic rings. The van der Waals surface area contributed by atoms with Gasteiger partial charge in [0.15, 0.2) is 0 Å². The number of halogens is 1. The second-order valence-corrected chi connectivity index (χ2v) is 0.795. The fourth-order valence-electron chi connectivity index (χ4n) is 0. The number of rotatable bonds is 1. The molecule has 0 aliphatic carbocycles. The van der Waals surface area contributed by atoms with E-state index in [1.54, 1.807) is 0 Å². The van der Waals surface area contributed by atoms with Gasteiger partial charge in [-0.1, -0.05) is 0 Å². The van der Waals surface area contributed by atoms with Crippen LogP contribution in [0.4, 0.5) is 0 Å². The van der Waals surface area contributed by atoms with E-state index in [4.69, 9.17) is 16.7 Å². The Morgan fingerprint density at radius 3 is 2.00 bits per heavy atom. The molecule has 34 valence electrons. The van der Waals surface area contributed by atoms with Crippen LogP contribution in [0.3, 0.4) is 0 Å². The van der Waals surface area contributed by atoms with E-state index in [1.807, 2.05) is 0 Å². The number of carbonyl (C=O) groups is 1. The molecule has 0 aliphatic heterocycles. The average molecular weight is 184 g/mol. The molecule has 0 atom stereocenters. The third-order valence-electron chi connectivity index (χ3n) is 0.114. The van der Waals surface area contributed by atoms with Crippen LogP contribution in [0.25, 0.3) is 0 Å². The summed E-state index contributed by atoms with van der Waals surface area (Å²) >= 11 is 4.74. The quantitative estimate of drug-likeness (QED) is 0.436. The molecule has 0 saturated heterocycles. The second kappa shape index (κ2) is 6.24. The Kier molecular flexibility index (Phi) is 10.7. The number of aliphatic carboxylic acids is 1. The summed E-state index contributed by atoms with van der Waals surface area (Å²) in [6.45, 7) is 0. The molecule has 0 fully saturated rings. The molecule has 0 radical (unpaired) electrons. The first-order valence-corrected chi connectivity index (χ1v) is 1.58. The van der Waals surface area contributed by atoms with Crippen molar-refractivity contribution in [2.45, 2.75) is 0 Å². The van der Waals surface area contributed by atoms with Crippen molar-refractivity contribution in [2.75, 3.05) is 5.88 Å². The third-order valence-corrected chi connectivity index (χ3v) is 0.343. The standard InChI is InChI=1S/C2H3ClO2.Sr.2H/c3-1-2(4)5;;;/h1H2,(H,4,5);;;. The van der Waals surface area contributed by atoms with Gasteiger partial charge in [0.05, 0.1) is 0 Å². The Balaban J connectivity index is 0. The van der Waals surface area contributed by atoms with Gasteiger partial charge in [-0.2, -0.15) is 0 Å². The second-order valence-electron chi connectivity index (χ2n) is 0.527. The topological polar surface area (TPSA) is 37.3 Å². The van der Waals surface area contributed by atoms with Crippen LogP contribution in [0.1, 0.15) is 0 Å². The first-order chi connectivity index (χ1) is 2.27. The monoisotopic (exact) mass is 184 g/mol. The zero-order valence-electron chi connectivity index (χ0n) is 2.44. The van der Waals surface area contributed by atoms with Gasteiger partial charge in [0, 0.05) is 0 Å². The van der Waals surface area contributed by atoms with Crippen molar-refractivity contribution in [3.63, 3.8) is 0 Å². The number of carboxylic acids is 1. The van der Waals surface area contributed by atoms with Crippen LogP contribution in [0.5, 0.6) is 0 Å².